The molecule has 0 aliphatic carbocycles. The Kier molecular flexibility index (Phi) is 6.45. The predicted octanol–water partition coefficient (Wildman–Crippen LogP) is 2.36. The van der Waals surface area contributed by atoms with E-state index in [0.29, 0.717) is 0 Å². The van der Waals surface area contributed by atoms with Gasteiger partial charge in [0.25, 0.3) is 5.91 Å². The highest BCUT2D eigenvalue weighted by atomic mass is 19.1. The minimum Gasteiger partial charge on any atom is -0.494 e. The fraction of sp³-hybridized carbons (Fsp3) is 0.533. The van der Waals surface area contributed by atoms with Gasteiger partial charge in [0.15, 0.2) is 11.6 Å². The maximum absolute atomic E-state index is 13.9. The molecule has 0 radical (unpaired) electrons. The second-order valence-corrected chi connectivity index (χ2v) is 4.68. The first-order valence-corrected chi connectivity index (χ1v) is 6.83. The Morgan fingerprint density at radius 3 is 2.60 bits per heavy atom. The maximum Gasteiger partial charge on any atom is 0.254 e. The summed E-state index contributed by atoms with van der Waals surface area (Å²) in [5, 5.41) is 12.5. The summed E-state index contributed by atoms with van der Waals surface area (Å²) < 4.78 is 18.7. The molecule has 1 amide bonds. The van der Waals surface area contributed by atoms with Crippen LogP contribution in [0.25, 0.3) is 0 Å². The average Bonchev–Trinajstić information content (AvgIpc) is 2.46. The van der Waals surface area contributed by atoms with Gasteiger partial charge in [-0.25, -0.2) is 4.39 Å². The Bertz CT molecular complexity index is 447. The molecule has 4 nitrogen and oxygen atoms in total. The lowest BCUT2D eigenvalue weighted by Gasteiger charge is -2.20. The minimum atomic E-state index is -0.690. The summed E-state index contributed by atoms with van der Waals surface area (Å²) in [5.74, 6) is -1.08. The standard InChI is InChI=1S/C15H22FNO3/c1-4-10(5-2)12(18)9-17-15(19)11-7-6-8-13(20-3)14(11)16/h6-8,10,12,18H,4-5,9H2,1-3H3,(H,17,19). The van der Waals surface area contributed by atoms with Crippen molar-refractivity contribution in [3.8, 4) is 5.75 Å². The van der Waals surface area contributed by atoms with Gasteiger partial charge in [0, 0.05) is 6.54 Å². The van der Waals surface area contributed by atoms with E-state index in [0.717, 1.165) is 12.8 Å². The number of rotatable bonds is 7. The Morgan fingerprint density at radius 1 is 1.40 bits per heavy atom. The van der Waals surface area contributed by atoms with Crippen LogP contribution in [0, 0.1) is 11.7 Å². The van der Waals surface area contributed by atoms with Crippen LogP contribution >= 0.6 is 0 Å². The van der Waals surface area contributed by atoms with Crippen LogP contribution in [-0.4, -0.2) is 30.8 Å². The zero-order chi connectivity index (χ0) is 15.1. The molecule has 0 aliphatic rings. The summed E-state index contributed by atoms with van der Waals surface area (Å²) >= 11 is 0. The first-order valence-electron chi connectivity index (χ1n) is 6.83. The normalized spacial score (nSPS) is 12.3. The van der Waals surface area contributed by atoms with Crippen molar-refractivity contribution in [3.05, 3.63) is 29.6 Å². The SMILES string of the molecule is CCC(CC)C(O)CNC(=O)c1cccc(OC)c1F. The topological polar surface area (TPSA) is 58.6 Å². The van der Waals surface area contributed by atoms with E-state index < -0.39 is 17.8 Å². The number of benzene rings is 1. The van der Waals surface area contributed by atoms with E-state index >= 15 is 0 Å². The Morgan fingerprint density at radius 2 is 2.05 bits per heavy atom. The van der Waals surface area contributed by atoms with Crippen molar-refractivity contribution >= 4 is 5.91 Å². The van der Waals surface area contributed by atoms with E-state index in [1.165, 1.54) is 19.2 Å². The van der Waals surface area contributed by atoms with Gasteiger partial charge in [0.2, 0.25) is 0 Å². The van der Waals surface area contributed by atoms with Crippen LogP contribution in [0.15, 0.2) is 18.2 Å². The number of halogens is 1. The summed E-state index contributed by atoms with van der Waals surface area (Å²) in [6.45, 7) is 4.09. The molecule has 112 valence electrons. The fourth-order valence-corrected chi connectivity index (χ4v) is 2.14. The highest BCUT2D eigenvalue weighted by Crippen LogP contribution is 2.20. The van der Waals surface area contributed by atoms with E-state index in [9.17, 15) is 14.3 Å². The number of methoxy groups -OCH3 is 1. The van der Waals surface area contributed by atoms with Crippen LogP contribution in [0.4, 0.5) is 4.39 Å². The van der Waals surface area contributed by atoms with Crippen LogP contribution in [0.1, 0.15) is 37.0 Å². The maximum atomic E-state index is 13.9. The lowest BCUT2D eigenvalue weighted by Crippen LogP contribution is -2.36. The molecular formula is C15H22FNO3. The molecule has 5 heteroatoms. The van der Waals surface area contributed by atoms with Crippen molar-refractivity contribution in [2.24, 2.45) is 5.92 Å². The van der Waals surface area contributed by atoms with Crippen LogP contribution in [-0.2, 0) is 0 Å². The molecule has 0 spiro atoms. The van der Waals surface area contributed by atoms with Gasteiger partial charge >= 0.3 is 0 Å². The van der Waals surface area contributed by atoms with Gasteiger partial charge in [-0.05, 0) is 18.1 Å². The first kappa shape index (κ1) is 16.4. The molecule has 1 aromatic rings. The molecule has 0 bridgehead atoms. The van der Waals surface area contributed by atoms with Gasteiger partial charge in [-0.1, -0.05) is 32.8 Å². The first-order chi connectivity index (χ1) is 9.54. The number of carbonyl (C=O) groups excluding carboxylic acids is 1. The quantitative estimate of drug-likeness (QED) is 0.807. The molecule has 2 N–H and O–H groups in total. The van der Waals surface area contributed by atoms with Gasteiger partial charge in [0.1, 0.15) is 0 Å². The van der Waals surface area contributed by atoms with Crippen molar-refractivity contribution < 1.29 is 19.0 Å². The van der Waals surface area contributed by atoms with E-state index in [1.807, 2.05) is 13.8 Å². The van der Waals surface area contributed by atoms with Gasteiger partial charge < -0.3 is 15.2 Å². The highest BCUT2D eigenvalue weighted by molar-refractivity contribution is 5.94. The summed E-state index contributed by atoms with van der Waals surface area (Å²) in [4.78, 5) is 11.9. The van der Waals surface area contributed by atoms with Crippen molar-refractivity contribution in [1.29, 1.82) is 0 Å². The summed E-state index contributed by atoms with van der Waals surface area (Å²) in [6.07, 6.45) is 1.05. The number of aliphatic hydroxyl groups excluding tert-OH is 1. The third kappa shape index (κ3) is 3.93. The van der Waals surface area contributed by atoms with Crippen molar-refractivity contribution in [2.75, 3.05) is 13.7 Å². The predicted molar refractivity (Wildman–Crippen MR) is 75.4 cm³/mol. The van der Waals surface area contributed by atoms with E-state index in [1.54, 1.807) is 6.07 Å². The van der Waals surface area contributed by atoms with Gasteiger partial charge in [-0.3, -0.25) is 4.79 Å². The molecule has 0 heterocycles. The summed E-state index contributed by atoms with van der Waals surface area (Å²) in [6, 6.07) is 4.38. The number of ether oxygens (including phenoxy) is 1. The molecule has 1 atom stereocenters. The van der Waals surface area contributed by atoms with E-state index in [-0.39, 0.29) is 23.8 Å². The van der Waals surface area contributed by atoms with Crippen molar-refractivity contribution in [2.45, 2.75) is 32.8 Å². The Hall–Kier alpha value is -1.62. The molecule has 1 rings (SSSR count). The number of aliphatic hydroxyl groups is 1. The molecule has 0 saturated heterocycles. The van der Waals surface area contributed by atoms with Crippen LogP contribution < -0.4 is 10.1 Å². The third-order valence-electron chi connectivity index (χ3n) is 3.49. The number of carbonyl (C=O) groups is 1. The third-order valence-corrected chi connectivity index (χ3v) is 3.49. The zero-order valence-electron chi connectivity index (χ0n) is 12.1. The van der Waals surface area contributed by atoms with Gasteiger partial charge in [-0.15, -0.1) is 0 Å². The van der Waals surface area contributed by atoms with Crippen LogP contribution in [0.2, 0.25) is 0 Å². The second-order valence-electron chi connectivity index (χ2n) is 4.68. The number of amides is 1. The molecule has 0 saturated carbocycles. The molecule has 1 unspecified atom stereocenters. The van der Waals surface area contributed by atoms with Gasteiger partial charge in [-0.2, -0.15) is 0 Å². The zero-order valence-corrected chi connectivity index (χ0v) is 12.1. The van der Waals surface area contributed by atoms with E-state index in [4.69, 9.17) is 4.74 Å². The lowest BCUT2D eigenvalue weighted by atomic mass is 9.96. The Labute approximate surface area is 119 Å². The molecule has 0 aliphatic heterocycles. The lowest BCUT2D eigenvalue weighted by molar-refractivity contribution is 0.0813. The smallest absolute Gasteiger partial charge is 0.254 e. The van der Waals surface area contributed by atoms with Gasteiger partial charge in [0.05, 0.1) is 18.8 Å². The monoisotopic (exact) mass is 283 g/mol. The number of hydrogen-bond acceptors (Lipinski definition) is 3. The molecule has 20 heavy (non-hydrogen) atoms. The molecule has 0 aromatic heterocycles. The summed E-state index contributed by atoms with van der Waals surface area (Å²) in [7, 11) is 1.34. The molecule has 0 fully saturated rings. The summed E-state index contributed by atoms with van der Waals surface area (Å²) in [5.41, 5.74) is -0.0823. The molecule has 1 aromatic carbocycles. The number of nitrogens with one attached hydrogen (secondary N) is 1. The highest BCUT2D eigenvalue weighted by Gasteiger charge is 2.19. The minimum absolute atomic E-state index is 0.0261. The van der Waals surface area contributed by atoms with E-state index in [2.05, 4.69) is 5.32 Å². The molecular weight excluding hydrogens is 261 g/mol. The van der Waals surface area contributed by atoms with Crippen molar-refractivity contribution in [3.63, 3.8) is 0 Å². The number of hydrogen-bond donors (Lipinski definition) is 2. The van der Waals surface area contributed by atoms with Crippen molar-refractivity contribution in [1.82, 2.24) is 5.32 Å². The Balaban J connectivity index is 2.68. The second kappa shape index (κ2) is 7.85. The van der Waals surface area contributed by atoms with Crippen LogP contribution in [0.5, 0.6) is 5.75 Å². The average molecular weight is 283 g/mol. The van der Waals surface area contributed by atoms with Crippen LogP contribution in [0.3, 0.4) is 0 Å². The fourth-order valence-electron chi connectivity index (χ4n) is 2.14. The largest absolute Gasteiger partial charge is 0.494 e.